The van der Waals surface area contributed by atoms with Gasteiger partial charge >= 0.3 is 7.82 Å². The first-order chi connectivity index (χ1) is 30.4. The van der Waals surface area contributed by atoms with Gasteiger partial charge in [0.2, 0.25) is 5.91 Å². The second-order valence-corrected chi connectivity index (χ2v) is 20.1. The zero-order chi connectivity index (χ0) is 46.4. The van der Waals surface area contributed by atoms with E-state index in [1.165, 1.54) is 173 Å². The molecule has 0 aromatic carbocycles. The van der Waals surface area contributed by atoms with Crippen LogP contribution in [0.1, 0.15) is 245 Å². The molecule has 0 spiro atoms. The molecule has 0 aliphatic heterocycles. The monoisotopic (exact) mass is 920 g/mol. The second kappa shape index (κ2) is 40.2. The molecule has 0 bridgehead atoms. The fourth-order valence-electron chi connectivity index (χ4n) is 8.55. The molecule has 0 aromatic heterocycles. The lowest BCUT2D eigenvalue weighted by Crippen LogP contribution is -2.64. The molecule has 1 rings (SSSR count). The van der Waals surface area contributed by atoms with Gasteiger partial charge in [0.05, 0.1) is 18.8 Å². The smallest absolute Gasteiger partial charge is 0.387 e. The van der Waals surface area contributed by atoms with Crippen LogP contribution in [0.15, 0.2) is 12.2 Å². The largest absolute Gasteiger partial charge is 0.472 e. The first-order valence-electron chi connectivity index (χ1n) is 26.1. The van der Waals surface area contributed by atoms with Gasteiger partial charge in [0.15, 0.2) is 0 Å². The highest BCUT2D eigenvalue weighted by Crippen LogP contribution is 2.47. The minimum atomic E-state index is -5.08. The number of amides is 1. The molecular formula is C50H98NO11P. The van der Waals surface area contributed by atoms with Crippen molar-refractivity contribution in [3.63, 3.8) is 0 Å². The van der Waals surface area contributed by atoms with Crippen molar-refractivity contribution in [2.45, 2.75) is 294 Å². The summed E-state index contributed by atoms with van der Waals surface area (Å²) in [5.41, 5.74) is 0. The average Bonchev–Trinajstić information content (AvgIpc) is 3.27. The molecule has 0 saturated heterocycles. The third kappa shape index (κ3) is 31.6. The minimum absolute atomic E-state index is 0.219. The number of phosphoric acid groups is 1. The maximum Gasteiger partial charge on any atom is 0.472 e. The van der Waals surface area contributed by atoms with Gasteiger partial charge in [-0.05, 0) is 19.3 Å². The number of rotatable bonds is 44. The lowest BCUT2D eigenvalue weighted by molar-refractivity contribution is -0.220. The predicted octanol–water partition coefficient (Wildman–Crippen LogP) is 10.8. The highest BCUT2D eigenvalue weighted by atomic mass is 31.2. The van der Waals surface area contributed by atoms with E-state index in [4.69, 9.17) is 9.05 Å². The van der Waals surface area contributed by atoms with Gasteiger partial charge in [0, 0.05) is 6.42 Å². The Labute approximate surface area is 384 Å². The predicted molar refractivity (Wildman–Crippen MR) is 255 cm³/mol. The zero-order valence-corrected chi connectivity index (χ0v) is 41.0. The van der Waals surface area contributed by atoms with Crippen molar-refractivity contribution >= 4 is 13.7 Å². The molecule has 6 unspecified atom stereocenters. The number of phosphoric ester groups is 1. The van der Waals surface area contributed by atoms with E-state index in [-0.39, 0.29) is 12.3 Å². The summed E-state index contributed by atoms with van der Waals surface area (Å²) in [5, 5.41) is 64.1. The standard InChI is InChI=1S/C50H98NO11P/c1-3-5-7-9-11-13-15-17-19-20-21-22-23-24-26-28-30-32-34-36-38-40-44(53)51-42(41-61-63(59,60)62-50-48(57)46(55)45(54)47(56)49(50)58)43(52)39-37-35-33-31-29-27-25-18-16-14-12-10-8-6-4-2/h37,39,42-43,45-50,52,54-58H,3-36,38,40-41H2,1-2H3,(H,51,53)(H,59,60)/b39-37+/t42-,43+,45?,46+,47?,48?,49?,50?/m0/s1. The van der Waals surface area contributed by atoms with Crippen molar-refractivity contribution in [1.82, 2.24) is 5.32 Å². The maximum atomic E-state index is 13.0. The number of hydrogen-bond donors (Lipinski definition) is 8. The Morgan fingerprint density at radius 1 is 0.524 bits per heavy atom. The van der Waals surface area contributed by atoms with Crippen molar-refractivity contribution in [3.8, 4) is 0 Å². The van der Waals surface area contributed by atoms with Gasteiger partial charge in [0.25, 0.3) is 0 Å². The molecule has 0 aromatic rings. The van der Waals surface area contributed by atoms with Crippen LogP contribution in [0.4, 0.5) is 0 Å². The first kappa shape index (κ1) is 60.1. The van der Waals surface area contributed by atoms with Crippen LogP contribution in [0.2, 0.25) is 0 Å². The molecular weight excluding hydrogens is 822 g/mol. The summed E-state index contributed by atoms with van der Waals surface area (Å²) >= 11 is 0. The first-order valence-corrected chi connectivity index (χ1v) is 27.6. The number of hydrogen-bond acceptors (Lipinski definition) is 10. The minimum Gasteiger partial charge on any atom is -0.387 e. The second-order valence-electron chi connectivity index (χ2n) is 18.7. The van der Waals surface area contributed by atoms with Gasteiger partial charge in [-0.3, -0.25) is 13.8 Å². The molecule has 0 heterocycles. The van der Waals surface area contributed by atoms with E-state index in [2.05, 4.69) is 19.2 Å². The van der Waals surface area contributed by atoms with Gasteiger partial charge in [-0.1, -0.05) is 231 Å². The number of carbonyl (C=O) groups excluding carboxylic acids is 1. The third-order valence-corrected chi connectivity index (χ3v) is 13.8. The van der Waals surface area contributed by atoms with Gasteiger partial charge in [-0.2, -0.15) is 0 Å². The molecule has 9 atom stereocenters. The van der Waals surface area contributed by atoms with E-state index in [9.17, 15) is 44.9 Å². The maximum absolute atomic E-state index is 13.0. The van der Waals surface area contributed by atoms with Crippen LogP contribution in [0.25, 0.3) is 0 Å². The van der Waals surface area contributed by atoms with E-state index in [0.717, 1.165) is 44.9 Å². The van der Waals surface area contributed by atoms with E-state index in [0.29, 0.717) is 6.42 Å². The van der Waals surface area contributed by atoms with Crippen molar-refractivity contribution in [3.05, 3.63) is 12.2 Å². The van der Waals surface area contributed by atoms with Crippen LogP contribution in [0.3, 0.4) is 0 Å². The summed E-state index contributed by atoms with van der Waals surface area (Å²) in [4.78, 5) is 23.5. The summed E-state index contributed by atoms with van der Waals surface area (Å²) in [5.74, 6) is -0.336. The number of unbranched alkanes of at least 4 members (excludes halogenated alkanes) is 33. The number of carbonyl (C=O) groups is 1. The molecule has 1 aliphatic carbocycles. The highest BCUT2D eigenvalue weighted by molar-refractivity contribution is 7.47. The normalized spacial score (nSPS) is 22.4. The van der Waals surface area contributed by atoms with E-state index in [1.54, 1.807) is 6.08 Å². The molecule has 13 heteroatoms. The molecule has 0 radical (unpaired) electrons. The topological polar surface area (TPSA) is 206 Å². The van der Waals surface area contributed by atoms with E-state index in [1.807, 2.05) is 6.08 Å². The van der Waals surface area contributed by atoms with Gasteiger partial charge in [0.1, 0.15) is 36.6 Å². The summed E-state index contributed by atoms with van der Waals surface area (Å²) in [6.07, 6.45) is 34.2. The van der Waals surface area contributed by atoms with Crippen LogP contribution in [0, 0.1) is 0 Å². The SMILES string of the molecule is CCCCCCCCCCCCCCC/C=C/[C@@H](O)[C@H](COP(=O)(O)OC1C(O)C(O)C(O)[C@@H](O)C1O)NC(=O)CCCCCCCCCCCCCCCCCCCCCCC. The Hall–Kier alpha value is -0.920. The number of nitrogens with one attached hydrogen (secondary N) is 1. The summed E-state index contributed by atoms with van der Waals surface area (Å²) < 4.78 is 23.0. The Balaban J connectivity index is 2.40. The Morgan fingerprint density at radius 2 is 0.841 bits per heavy atom. The molecule has 1 aliphatic rings. The highest BCUT2D eigenvalue weighted by Gasteiger charge is 2.51. The molecule has 12 nitrogen and oxygen atoms in total. The van der Waals surface area contributed by atoms with Crippen LogP contribution in [-0.4, -0.2) is 96.8 Å². The Morgan fingerprint density at radius 3 is 1.21 bits per heavy atom. The number of aliphatic hydroxyl groups excluding tert-OH is 6. The van der Waals surface area contributed by atoms with Crippen LogP contribution >= 0.6 is 7.82 Å². The fourth-order valence-corrected chi connectivity index (χ4v) is 9.52. The third-order valence-electron chi connectivity index (χ3n) is 12.8. The molecule has 1 fully saturated rings. The Bertz CT molecular complexity index is 1120. The van der Waals surface area contributed by atoms with E-state index < -0.39 is 63.2 Å². The summed E-state index contributed by atoms with van der Waals surface area (Å²) in [6, 6.07) is -1.11. The number of aliphatic hydroxyl groups is 6. The van der Waals surface area contributed by atoms with Crippen LogP contribution in [-0.2, 0) is 18.4 Å². The summed E-state index contributed by atoms with van der Waals surface area (Å²) in [7, 11) is -5.08. The molecule has 63 heavy (non-hydrogen) atoms. The fraction of sp³-hybridized carbons (Fsp3) is 0.940. The molecule has 8 N–H and O–H groups in total. The van der Waals surface area contributed by atoms with Gasteiger partial charge in [-0.15, -0.1) is 0 Å². The lowest BCUT2D eigenvalue weighted by Gasteiger charge is -2.41. The quantitative estimate of drug-likeness (QED) is 0.0164. The number of allylic oxidation sites excluding steroid dienone is 1. The molecule has 1 amide bonds. The molecule has 1 saturated carbocycles. The van der Waals surface area contributed by atoms with Crippen molar-refractivity contribution < 1.29 is 53.9 Å². The van der Waals surface area contributed by atoms with Crippen molar-refractivity contribution in [2.24, 2.45) is 0 Å². The zero-order valence-electron chi connectivity index (χ0n) is 40.1. The summed E-state index contributed by atoms with van der Waals surface area (Å²) in [6.45, 7) is 3.87. The van der Waals surface area contributed by atoms with Crippen LogP contribution in [0.5, 0.6) is 0 Å². The molecule has 374 valence electrons. The van der Waals surface area contributed by atoms with Gasteiger partial charge < -0.3 is 40.8 Å². The van der Waals surface area contributed by atoms with Gasteiger partial charge in [-0.25, -0.2) is 4.57 Å². The van der Waals surface area contributed by atoms with E-state index >= 15 is 0 Å². The Kier molecular flexibility index (Phi) is 38.3. The van der Waals surface area contributed by atoms with Crippen LogP contribution < -0.4 is 5.32 Å². The lowest BCUT2D eigenvalue weighted by atomic mass is 9.85. The van der Waals surface area contributed by atoms with Crippen molar-refractivity contribution in [1.29, 1.82) is 0 Å². The average molecular weight is 920 g/mol. The van der Waals surface area contributed by atoms with Crippen molar-refractivity contribution in [2.75, 3.05) is 6.61 Å².